The lowest BCUT2D eigenvalue weighted by Gasteiger charge is -2.34. The lowest BCUT2D eigenvalue weighted by Crippen LogP contribution is -2.48. The molecular formula is C12H16F2N2. The summed E-state index contributed by atoms with van der Waals surface area (Å²) >= 11 is 0. The van der Waals surface area contributed by atoms with Gasteiger partial charge in [-0.1, -0.05) is 6.07 Å². The SMILES string of the molecule is CNc1cc(CCN2CC(F)C2)ccc1F. The Morgan fingerprint density at radius 2 is 2.19 bits per heavy atom. The minimum absolute atomic E-state index is 0.237. The Kier molecular flexibility index (Phi) is 3.39. The van der Waals surface area contributed by atoms with Crippen LogP contribution in [0.25, 0.3) is 0 Å². The van der Waals surface area contributed by atoms with E-state index in [1.54, 1.807) is 13.1 Å². The van der Waals surface area contributed by atoms with E-state index in [0.29, 0.717) is 18.8 Å². The van der Waals surface area contributed by atoms with Crippen LogP contribution in [0.1, 0.15) is 5.56 Å². The lowest BCUT2D eigenvalue weighted by molar-refractivity contribution is 0.0670. The molecule has 1 fully saturated rings. The van der Waals surface area contributed by atoms with Gasteiger partial charge in [-0.15, -0.1) is 0 Å². The molecule has 0 unspecified atom stereocenters. The van der Waals surface area contributed by atoms with E-state index in [4.69, 9.17) is 0 Å². The fourth-order valence-electron chi connectivity index (χ4n) is 1.90. The van der Waals surface area contributed by atoms with Crippen LogP contribution in [0.3, 0.4) is 0 Å². The van der Waals surface area contributed by atoms with Gasteiger partial charge in [-0.2, -0.15) is 0 Å². The highest BCUT2D eigenvalue weighted by atomic mass is 19.1. The predicted octanol–water partition coefficient (Wildman–Crippen LogP) is 2.06. The maximum Gasteiger partial charge on any atom is 0.146 e. The average Bonchev–Trinajstić information content (AvgIpc) is 2.24. The number of halogens is 2. The summed E-state index contributed by atoms with van der Waals surface area (Å²) in [6.07, 6.45) is 0.183. The molecule has 0 saturated carbocycles. The number of likely N-dealkylation sites (tertiary alicyclic amines) is 1. The van der Waals surface area contributed by atoms with Gasteiger partial charge in [-0.05, 0) is 24.1 Å². The van der Waals surface area contributed by atoms with E-state index in [1.165, 1.54) is 6.07 Å². The van der Waals surface area contributed by atoms with Gasteiger partial charge in [0.2, 0.25) is 0 Å². The van der Waals surface area contributed by atoms with Crippen molar-refractivity contribution in [3.8, 4) is 0 Å². The Hall–Kier alpha value is -1.16. The van der Waals surface area contributed by atoms with Gasteiger partial charge in [0, 0.05) is 26.7 Å². The molecule has 16 heavy (non-hydrogen) atoms. The van der Waals surface area contributed by atoms with Crippen LogP contribution in [-0.4, -0.2) is 37.8 Å². The summed E-state index contributed by atoms with van der Waals surface area (Å²) in [5.74, 6) is -0.237. The van der Waals surface area contributed by atoms with Gasteiger partial charge in [-0.3, -0.25) is 4.90 Å². The average molecular weight is 226 g/mol. The Balaban J connectivity index is 1.89. The highest BCUT2D eigenvalue weighted by molar-refractivity contribution is 5.46. The van der Waals surface area contributed by atoms with Crippen molar-refractivity contribution < 1.29 is 8.78 Å². The first-order valence-corrected chi connectivity index (χ1v) is 5.51. The Morgan fingerprint density at radius 1 is 1.44 bits per heavy atom. The maximum absolute atomic E-state index is 13.2. The molecule has 0 aliphatic carbocycles. The molecule has 0 spiro atoms. The third kappa shape index (κ3) is 2.50. The fraction of sp³-hybridized carbons (Fsp3) is 0.500. The van der Waals surface area contributed by atoms with Crippen molar-refractivity contribution in [2.75, 3.05) is 32.0 Å². The summed E-state index contributed by atoms with van der Waals surface area (Å²) in [7, 11) is 1.70. The third-order valence-electron chi connectivity index (χ3n) is 2.93. The molecule has 2 rings (SSSR count). The fourth-order valence-corrected chi connectivity index (χ4v) is 1.90. The molecular weight excluding hydrogens is 210 g/mol. The van der Waals surface area contributed by atoms with Gasteiger partial charge in [0.1, 0.15) is 12.0 Å². The second-order valence-corrected chi connectivity index (χ2v) is 4.17. The molecule has 1 N–H and O–H groups in total. The summed E-state index contributed by atoms with van der Waals surface area (Å²) in [5.41, 5.74) is 1.59. The van der Waals surface area contributed by atoms with Crippen LogP contribution in [0, 0.1) is 5.82 Å². The molecule has 88 valence electrons. The minimum Gasteiger partial charge on any atom is -0.386 e. The number of anilines is 1. The second-order valence-electron chi connectivity index (χ2n) is 4.17. The van der Waals surface area contributed by atoms with Gasteiger partial charge in [-0.25, -0.2) is 8.78 Å². The van der Waals surface area contributed by atoms with Crippen LogP contribution < -0.4 is 5.32 Å². The van der Waals surface area contributed by atoms with E-state index in [2.05, 4.69) is 10.2 Å². The molecule has 2 nitrogen and oxygen atoms in total. The summed E-state index contributed by atoms with van der Waals surface area (Å²) in [4.78, 5) is 2.06. The summed E-state index contributed by atoms with van der Waals surface area (Å²) in [6, 6.07) is 5.06. The predicted molar refractivity (Wildman–Crippen MR) is 61.0 cm³/mol. The zero-order valence-electron chi connectivity index (χ0n) is 9.34. The molecule has 0 radical (unpaired) electrons. The number of nitrogens with zero attached hydrogens (tertiary/aromatic N) is 1. The van der Waals surface area contributed by atoms with Gasteiger partial charge in [0.15, 0.2) is 0 Å². The van der Waals surface area contributed by atoms with E-state index in [1.807, 2.05) is 6.07 Å². The highest BCUT2D eigenvalue weighted by Gasteiger charge is 2.25. The first-order valence-electron chi connectivity index (χ1n) is 5.51. The van der Waals surface area contributed by atoms with Crippen molar-refractivity contribution in [1.82, 2.24) is 4.90 Å². The van der Waals surface area contributed by atoms with Crippen LogP contribution in [-0.2, 0) is 6.42 Å². The largest absolute Gasteiger partial charge is 0.386 e. The summed E-state index contributed by atoms with van der Waals surface area (Å²) in [6.45, 7) is 1.93. The molecule has 1 aliphatic rings. The van der Waals surface area contributed by atoms with Crippen molar-refractivity contribution >= 4 is 5.69 Å². The molecule has 1 aromatic rings. The zero-order chi connectivity index (χ0) is 11.5. The highest BCUT2D eigenvalue weighted by Crippen LogP contribution is 2.17. The number of nitrogens with one attached hydrogen (secondary N) is 1. The van der Waals surface area contributed by atoms with Crippen molar-refractivity contribution in [2.45, 2.75) is 12.6 Å². The zero-order valence-corrected chi connectivity index (χ0v) is 9.34. The smallest absolute Gasteiger partial charge is 0.146 e. The van der Waals surface area contributed by atoms with E-state index in [9.17, 15) is 8.78 Å². The Morgan fingerprint density at radius 3 is 2.81 bits per heavy atom. The molecule has 1 saturated heterocycles. The quantitative estimate of drug-likeness (QED) is 0.845. The maximum atomic E-state index is 13.2. The minimum atomic E-state index is -0.652. The number of benzene rings is 1. The number of rotatable bonds is 4. The standard InChI is InChI=1S/C12H16F2N2/c1-15-12-6-9(2-3-11(12)14)4-5-16-7-10(13)8-16/h2-3,6,10,15H,4-5,7-8H2,1H3. The van der Waals surface area contributed by atoms with Gasteiger partial charge in [0.05, 0.1) is 5.69 Å². The van der Waals surface area contributed by atoms with Gasteiger partial charge < -0.3 is 5.32 Å². The lowest BCUT2D eigenvalue weighted by atomic mass is 10.1. The third-order valence-corrected chi connectivity index (χ3v) is 2.93. The number of hydrogen-bond donors (Lipinski definition) is 1. The van der Waals surface area contributed by atoms with Crippen LogP contribution in [0.15, 0.2) is 18.2 Å². The Bertz CT molecular complexity index is 362. The topological polar surface area (TPSA) is 15.3 Å². The first-order chi connectivity index (χ1) is 7.69. The monoisotopic (exact) mass is 226 g/mol. The first kappa shape index (κ1) is 11.3. The van der Waals surface area contributed by atoms with Crippen LogP contribution >= 0.6 is 0 Å². The van der Waals surface area contributed by atoms with Crippen molar-refractivity contribution in [3.05, 3.63) is 29.6 Å². The van der Waals surface area contributed by atoms with Crippen molar-refractivity contribution in [2.24, 2.45) is 0 Å². The van der Waals surface area contributed by atoms with E-state index in [0.717, 1.165) is 18.5 Å². The molecule has 1 heterocycles. The number of alkyl halides is 1. The summed E-state index contributed by atoms with van der Waals surface area (Å²) < 4.78 is 25.7. The van der Waals surface area contributed by atoms with E-state index < -0.39 is 6.17 Å². The molecule has 0 atom stereocenters. The number of hydrogen-bond acceptors (Lipinski definition) is 2. The van der Waals surface area contributed by atoms with Crippen LogP contribution in [0.2, 0.25) is 0 Å². The normalized spacial score (nSPS) is 17.2. The molecule has 1 aliphatic heterocycles. The van der Waals surface area contributed by atoms with E-state index in [-0.39, 0.29) is 5.82 Å². The molecule has 0 amide bonds. The molecule has 0 aromatic heterocycles. The van der Waals surface area contributed by atoms with Crippen molar-refractivity contribution in [3.63, 3.8) is 0 Å². The van der Waals surface area contributed by atoms with Crippen molar-refractivity contribution in [1.29, 1.82) is 0 Å². The van der Waals surface area contributed by atoms with Gasteiger partial charge in [0.25, 0.3) is 0 Å². The second kappa shape index (κ2) is 4.78. The molecule has 1 aromatic carbocycles. The molecule has 4 heteroatoms. The van der Waals surface area contributed by atoms with E-state index >= 15 is 0 Å². The molecule has 0 bridgehead atoms. The summed E-state index contributed by atoms with van der Waals surface area (Å²) in [5, 5.41) is 2.81. The Labute approximate surface area is 94.3 Å². The van der Waals surface area contributed by atoms with Crippen LogP contribution in [0.4, 0.5) is 14.5 Å². The van der Waals surface area contributed by atoms with Gasteiger partial charge >= 0.3 is 0 Å². The van der Waals surface area contributed by atoms with Crippen LogP contribution in [0.5, 0.6) is 0 Å².